The van der Waals surface area contributed by atoms with Gasteiger partial charge in [-0.1, -0.05) is 29.8 Å². The first-order chi connectivity index (χ1) is 9.11. The lowest BCUT2D eigenvalue weighted by Crippen LogP contribution is -2.01. The second-order valence-electron chi connectivity index (χ2n) is 4.09. The summed E-state index contributed by atoms with van der Waals surface area (Å²) in [7, 11) is 0. The first-order valence-corrected chi connectivity index (χ1v) is 6.06. The summed E-state index contributed by atoms with van der Waals surface area (Å²) >= 11 is 5.88. The summed E-state index contributed by atoms with van der Waals surface area (Å²) in [6, 6.07) is 11.7. The van der Waals surface area contributed by atoms with Gasteiger partial charge >= 0.3 is 0 Å². The van der Waals surface area contributed by atoms with Crippen LogP contribution in [-0.4, -0.2) is 0 Å². The second-order valence-corrected chi connectivity index (χ2v) is 4.53. The van der Waals surface area contributed by atoms with Crippen LogP contribution in [0, 0.1) is 24.1 Å². The number of nitrogens with zero attached hydrogens (tertiary/aromatic N) is 1. The van der Waals surface area contributed by atoms with E-state index in [2.05, 4.69) is 0 Å². The van der Waals surface area contributed by atoms with Crippen LogP contribution < -0.4 is 4.74 Å². The predicted molar refractivity (Wildman–Crippen MR) is 71.6 cm³/mol. The maximum atomic E-state index is 13.8. The van der Waals surface area contributed by atoms with E-state index in [0.717, 1.165) is 5.56 Å². The Hall–Kier alpha value is -2.05. The highest BCUT2D eigenvalue weighted by Crippen LogP contribution is 2.24. The molecule has 2 rings (SSSR count). The SMILES string of the molecule is Cc1ccc(Cl)cc1OCc1cccc(C#N)c1F. The van der Waals surface area contributed by atoms with E-state index in [1.807, 2.05) is 13.0 Å². The zero-order valence-electron chi connectivity index (χ0n) is 10.3. The average Bonchev–Trinajstić information content (AvgIpc) is 2.41. The van der Waals surface area contributed by atoms with Crippen LogP contribution in [0.15, 0.2) is 36.4 Å². The molecule has 0 saturated heterocycles. The largest absolute Gasteiger partial charge is 0.488 e. The number of rotatable bonds is 3. The van der Waals surface area contributed by atoms with Gasteiger partial charge in [0.05, 0.1) is 5.56 Å². The molecule has 0 unspecified atom stereocenters. The van der Waals surface area contributed by atoms with Crippen molar-refractivity contribution in [1.82, 2.24) is 0 Å². The summed E-state index contributed by atoms with van der Waals surface area (Å²) in [5.74, 6) is 0.0685. The fourth-order valence-corrected chi connectivity index (χ4v) is 1.82. The van der Waals surface area contributed by atoms with E-state index in [1.165, 1.54) is 6.07 Å². The van der Waals surface area contributed by atoms with Crippen molar-refractivity contribution in [1.29, 1.82) is 5.26 Å². The summed E-state index contributed by atoms with van der Waals surface area (Å²) in [6.45, 7) is 1.94. The number of benzene rings is 2. The summed E-state index contributed by atoms with van der Waals surface area (Å²) in [5.41, 5.74) is 1.28. The van der Waals surface area contributed by atoms with E-state index >= 15 is 0 Å². The Morgan fingerprint density at radius 3 is 2.84 bits per heavy atom. The molecule has 0 radical (unpaired) electrons. The van der Waals surface area contributed by atoms with E-state index in [9.17, 15) is 4.39 Å². The van der Waals surface area contributed by atoms with Gasteiger partial charge in [-0.3, -0.25) is 0 Å². The van der Waals surface area contributed by atoms with Crippen LogP contribution in [0.5, 0.6) is 5.75 Å². The Morgan fingerprint density at radius 2 is 2.11 bits per heavy atom. The average molecular weight is 276 g/mol. The normalized spacial score (nSPS) is 10.0. The van der Waals surface area contributed by atoms with Gasteiger partial charge in [0.15, 0.2) is 0 Å². The van der Waals surface area contributed by atoms with Crippen molar-refractivity contribution in [3.8, 4) is 11.8 Å². The minimum atomic E-state index is -0.537. The number of nitriles is 1. The van der Waals surface area contributed by atoms with Gasteiger partial charge < -0.3 is 4.74 Å². The predicted octanol–water partition coefficient (Wildman–Crippen LogP) is 4.24. The topological polar surface area (TPSA) is 33.0 Å². The monoisotopic (exact) mass is 275 g/mol. The molecule has 4 heteroatoms. The number of hydrogen-bond donors (Lipinski definition) is 0. The molecule has 0 fully saturated rings. The first kappa shape index (κ1) is 13.4. The molecule has 0 amide bonds. The van der Waals surface area contributed by atoms with Crippen LogP contribution in [0.4, 0.5) is 4.39 Å². The Balaban J connectivity index is 2.20. The van der Waals surface area contributed by atoms with Crippen molar-refractivity contribution in [2.45, 2.75) is 13.5 Å². The van der Waals surface area contributed by atoms with Crippen LogP contribution in [0.25, 0.3) is 0 Å². The molecule has 0 N–H and O–H groups in total. The minimum Gasteiger partial charge on any atom is -0.488 e. The lowest BCUT2D eigenvalue weighted by atomic mass is 10.1. The maximum absolute atomic E-state index is 13.8. The van der Waals surface area contributed by atoms with Crippen LogP contribution in [0.1, 0.15) is 16.7 Å². The molecule has 19 heavy (non-hydrogen) atoms. The van der Waals surface area contributed by atoms with Crippen molar-refractivity contribution >= 4 is 11.6 Å². The highest BCUT2D eigenvalue weighted by molar-refractivity contribution is 6.30. The van der Waals surface area contributed by atoms with Crippen molar-refractivity contribution < 1.29 is 9.13 Å². The third kappa shape index (κ3) is 3.04. The quantitative estimate of drug-likeness (QED) is 0.839. The van der Waals surface area contributed by atoms with Gasteiger partial charge in [0, 0.05) is 10.6 Å². The van der Waals surface area contributed by atoms with Crippen molar-refractivity contribution in [3.05, 3.63) is 63.9 Å². The lowest BCUT2D eigenvalue weighted by Gasteiger charge is -2.10. The van der Waals surface area contributed by atoms with Crippen LogP contribution >= 0.6 is 11.6 Å². The van der Waals surface area contributed by atoms with Gasteiger partial charge in [0.1, 0.15) is 24.2 Å². The number of aryl methyl sites for hydroxylation is 1. The summed E-state index contributed by atoms with van der Waals surface area (Å²) in [4.78, 5) is 0. The van der Waals surface area contributed by atoms with Crippen molar-refractivity contribution in [2.75, 3.05) is 0 Å². The van der Waals surface area contributed by atoms with E-state index < -0.39 is 5.82 Å². The van der Waals surface area contributed by atoms with E-state index in [0.29, 0.717) is 16.3 Å². The standard InChI is InChI=1S/C15H11ClFNO/c1-10-5-6-13(16)7-14(10)19-9-12-4-2-3-11(8-18)15(12)17/h2-7H,9H2,1H3. The zero-order chi connectivity index (χ0) is 13.8. The van der Waals surface area contributed by atoms with Gasteiger partial charge in [0.2, 0.25) is 0 Å². The molecule has 0 saturated carbocycles. The molecule has 0 heterocycles. The molecule has 2 nitrogen and oxygen atoms in total. The van der Waals surface area contributed by atoms with Crippen molar-refractivity contribution in [2.24, 2.45) is 0 Å². The lowest BCUT2D eigenvalue weighted by molar-refractivity contribution is 0.297. The summed E-state index contributed by atoms with van der Waals surface area (Å²) < 4.78 is 19.4. The number of halogens is 2. The number of hydrogen-bond acceptors (Lipinski definition) is 2. The molecule has 2 aromatic rings. The van der Waals surface area contributed by atoms with Crippen LogP contribution in [0.2, 0.25) is 5.02 Å². The maximum Gasteiger partial charge on any atom is 0.147 e. The fourth-order valence-electron chi connectivity index (χ4n) is 1.66. The molecular formula is C15H11ClFNO. The molecule has 0 aliphatic carbocycles. The fraction of sp³-hybridized carbons (Fsp3) is 0.133. The van der Waals surface area contributed by atoms with E-state index in [1.54, 1.807) is 30.3 Å². The highest BCUT2D eigenvalue weighted by atomic mass is 35.5. The Bertz CT molecular complexity index is 649. The number of ether oxygens (including phenoxy) is 1. The second kappa shape index (κ2) is 5.73. The molecular weight excluding hydrogens is 265 g/mol. The van der Waals surface area contributed by atoms with Gasteiger partial charge in [0.25, 0.3) is 0 Å². The molecule has 0 atom stereocenters. The molecule has 0 aliphatic heterocycles. The van der Waals surface area contributed by atoms with Crippen molar-refractivity contribution in [3.63, 3.8) is 0 Å². The molecule has 96 valence electrons. The van der Waals surface area contributed by atoms with Gasteiger partial charge in [-0.25, -0.2) is 4.39 Å². The third-order valence-electron chi connectivity index (χ3n) is 2.73. The van der Waals surface area contributed by atoms with E-state index in [-0.39, 0.29) is 12.2 Å². The Morgan fingerprint density at radius 1 is 1.32 bits per heavy atom. The van der Waals surface area contributed by atoms with Gasteiger partial charge in [-0.15, -0.1) is 0 Å². The minimum absolute atomic E-state index is 0.0175. The molecule has 2 aromatic carbocycles. The van der Waals surface area contributed by atoms with Crippen LogP contribution in [-0.2, 0) is 6.61 Å². The first-order valence-electron chi connectivity index (χ1n) is 5.68. The zero-order valence-corrected chi connectivity index (χ0v) is 11.0. The summed E-state index contributed by atoms with van der Waals surface area (Å²) in [5, 5.41) is 9.32. The molecule has 0 aliphatic rings. The van der Waals surface area contributed by atoms with Crippen LogP contribution in [0.3, 0.4) is 0 Å². The Labute approximate surface area is 116 Å². The Kier molecular flexibility index (Phi) is 4.03. The molecule has 0 bridgehead atoms. The highest BCUT2D eigenvalue weighted by Gasteiger charge is 2.09. The molecule has 0 aromatic heterocycles. The molecule has 0 spiro atoms. The summed E-state index contributed by atoms with van der Waals surface area (Å²) in [6.07, 6.45) is 0. The smallest absolute Gasteiger partial charge is 0.147 e. The van der Waals surface area contributed by atoms with E-state index in [4.69, 9.17) is 21.6 Å². The van der Waals surface area contributed by atoms with Gasteiger partial charge in [-0.2, -0.15) is 5.26 Å². The third-order valence-corrected chi connectivity index (χ3v) is 2.97. The van der Waals surface area contributed by atoms with Gasteiger partial charge in [-0.05, 0) is 30.7 Å².